The van der Waals surface area contributed by atoms with Crippen LogP contribution in [-0.4, -0.2) is 47.2 Å². The number of thioether (sulfide) groups is 1. The molecule has 2 N–H and O–H groups in total. The SMILES string of the molecule is CN1CCC2(CC1)SC(c1cccc(F)c1)c1ccccc12.O=C(O)C=CC(=O)O. The Morgan fingerprint density at radius 2 is 1.70 bits per heavy atom. The van der Waals surface area contributed by atoms with Crippen LogP contribution in [0.2, 0.25) is 0 Å². The van der Waals surface area contributed by atoms with Gasteiger partial charge in [-0.15, -0.1) is 11.8 Å². The zero-order chi connectivity index (χ0) is 21.7. The van der Waals surface area contributed by atoms with Gasteiger partial charge in [0.05, 0.1) is 5.25 Å². The lowest BCUT2D eigenvalue weighted by Crippen LogP contribution is -2.37. The molecule has 5 nitrogen and oxygen atoms in total. The number of fused-ring (bicyclic) bond motifs is 2. The highest BCUT2D eigenvalue weighted by molar-refractivity contribution is 8.01. The minimum Gasteiger partial charge on any atom is -0.478 e. The van der Waals surface area contributed by atoms with Crippen LogP contribution in [0.25, 0.3) is 0 Å². The number of hydrogen-bond acceptors (Lipinski definition) is 4. The van der Waals surface area contributed by atoms with Crippen molar-refractivity contribution in [1.82, 2.24) is 4.90 Å². The molecule has 1 saturated heterocycles. The Bertz CT molecular complexity index is 938. The third kappa shape index (κ3) is 5.09. The fourth-order valence-corrected chi connectivity index (χ4v) is 5.72. The number of benzene rings is 2. The van der Waals surface area contributed by atoms with Crippen molar-refractivity contribution in [3.8, 4) is 0 Å². The largest absolute Gasteiger partial charge is 0.478 e. The van der Waals surface area contributed by atoms with Gasteiger partial charge in [-0.1, -0.05) is 36.4 Å². The summed E-state index contributed by atoms with van der Waals surface area (Å²) in [7, 11) is 2.20. The lowest BCUT2D eigenvalue weighted by Gasteiger charge is -2.38. The maximum Gasteiger partial charge on any atom is 0.328 e. The normalized spacial score (nSPS) is 19.9. The average molecular weight is 430 g/mol. The molecule has 2 aromatic rings. The van der Waals surface area contributed by atoms with Crippen molar-refractivity contribution < 1.29 is 24.2 Å². The molecule has 1 spiro atoms. The van der Waals surface area contributed by atoms with E-state index >= 15 is 0 Å². The third-order valence-electron chi connectivity index (χ3n) is 5.39. The Kier molecular flexibility index (Phi) is 6.95. The Morgan fingerprint density at radius 3 is 2.30 bits per heavy atom. The monoisotopic (exact) mass is 429 g/mol. The van der Waals surface area contributed by atoms with E-state index in [0.29, 0.717) is 12.2 Å². The summed E-state index contributed by atoms with van der Waals surface area (Å²) < 4.78 is 13.9. The fraction of sp³-hybridized carbons (Fsp3) is 0.304. The maximum absolute atomic E-state index is 13.7. The molecule has 2 heterocycles. The number of likely N-dealkylation sites (tertiary alicyclic amines) is 1. The van der Waals surface area contributed by atoms with Gasteiger partial charge in [0.1, 0.15) is 5.82 Å². The first-order chi connectivity index (χ1) is 14.3. The second-order valence-electron chi connectivity index (χ2n) is 7.45. The molecule has 1 atom stereocenters. The van der Waals surface area contributed by atoms with Crippen molar-refractivity contribution >= 4 is 23.7 Å². The summed E-state index contributed by atoms with van der Waals surface area (Å²) in [4.78, 5) is 21.5. The summed E-state index contributed by atoms with van der Waals surface area (Å²) >= 11 is 2.03. The van der Waals surface area contributed by atoms with Crippen LogP contribution < -0.4 is 0 Å². The molecule has 0 aromatic heterocycles. The summed E-state index contributed by atoms with van der Waals surface area (Å²) in [5, 5.41) is 15.9. The van der Waals surface area contributed by atoms with Crippen molar-refractivity contribution in [2.45, 2.75) is 22.8 Å². The van der Waals surface area contributed by atoms with Gasteiger partial charge in [-0.2, -0.15) is 0 Å². The smallest absolute Gasteiger partial charge is 0.328 e. The highest BCUT2D eigenvalue weighted by Crippen LogP contribution is 2.61. The van der Waals surface area contributed by atoms with Gasteiger partial charge in [-0.3, -0.25) is 0 Å². The Labute approximate surface area is 179 Å². The van der Waals surface area contributed by atoms with E-state index in [9.17, 15) is 14.0 Å². The topological polar surface area (TPSA) is 77.8 Å². The van der Waals surface area contributed by atoms with E-state index in [2.05, 4.69) is 42.3 Å². The van der Waals surface area contributed by atoms with E-state index in [1.54, 1.807) is 6.07 Å². The zero-order valence-electron chi connectivity index (χ0n) is 16.6. The van der Waals surface area contributed by atoms with E-state index in [4.69, 9.17) is 10.2 Å². The molecule has 4 rings (SSSR count). The lowest BCUT2D eigenvalue weighted by atomic mass is 9.84. The minimum atomic E-state index is -1.26. The Balaban J connectivity index is 0.000000275. The van der Waals surface area contributed by atoms with Gasteiger partial charge in [-0.05, 0) is 61.8 Å². The first-order valence-electron chi connectivity index (χ1n) is 9.66. The number of carboxylic acid groups (broad SMARTS) is 2. The molecule has 0 radical (unpaired) electrons. The minimum absolute atomic E-state index is 0.139. The van der Waals surface area contributed by atoms with Crippen LogP contribution >= 0.6 is 11.8 Å². The number of hydrogen-bond donors (Lipinski definition) is 2. The molecule has 0 amide bonds. The van der Waals surface area contributed by atoms with Crippen LogP contribution in [0.3, 0.4) is 0 Å². The van der Waals surface area contributed by atoms with Gasteiger partial charge in [0.25, 0.3) is 0 Å². The number of carbonyl (C=O) groups is 2. The number of rotatable bonds is 3. The van der Waals surface area contributed by atoms with Crippen molar-refractivity contribution in [2.75, 3.05) is 20.1 Å². The van der Waals surface area contributed by atoms with Crippen LogP contribution in [0, 0.1) is 5.82 Å². The van der Waals surface area contributed by atoms with E-state index in [0.717, 1.165) is 18.7 Å². The molecule has 2 aliphatic rings. The first kappa shape index (κ1) is 22.1. The van der Waals surface area contributed by atoms with Crippen LogP contribution in [0.15, 0.2) is 60.7 Å². The fourth-order valence-electron chi connectivity index (χ4n) is 3.92. The molecular weight excluding hydrogens is 405 g/mol. The molecule has 2 aliphatic heterocycles. The van der Waals surface area contributed by atoms with Gasteiger partial charge >= 0.3 is 11.9 Å². The zero-order valence-corrected chi connectivity index (χ0v) is 17.4. The maximum atomic E-state index is 13.7. The van der Waals surface area contributed by atoms with Crippen molar-refractivity contribution in [2.24, 2.45) is 0 Å². The van der Waals surface area contributed by atoms with Crippen molar-refractivity contribution in [3.05, 3.63) is 83.2 Å². The highest BCUT2D eigenvalue weighted by Gasteiger charge is 2.46. The van der Waals surface area contributed by atoms with Crippen LogP contribution in [0.4, 0.5) is 4.39 Å². The van der Waals surface area contributed by atoms with Gasteiger partial charge < -0.3 is 15.1 Å². The summed E-state index contributed by atoms with van der Waals surface area (Å²) in [5.74, 6) is -2.65. The molecule has 0 bridgehead atoms. The predicted molar refractivity (Wildman–Crippen MR) is 115 cm³/mol. The Hall–Kier alpha value is -2.64. The van der Waals surface area contributed by atoms with Crippen LogP contribution in [0.5, 0.6) is 0 Å². The second kappa shape index (κ2) is 9.45. The number of aliphatic carboxylic acids is 2. The standard InChI is InChI=1S/C19H20FNS.C4H4O4/c1-21-11-9-19(10-12-21)17-8-3-2-7-16(17)18(22-19)14-5-4-6-15(20)13-14;5-3(6)1-2-4(7)8/h2-8,13,18H,9-12H2,1H3;1-2H,(H,5,6)(H,7,8). The molecule has 158 valence electrons. The van der Waals surface area contributed by atoms with E-state index in [1.165, 1.54) is 30.0 Å². The number of piperidine rings is 1. The van der Waals surface area contributed by atoms with E-state index in [-0.39, 0.29) is 15.8 Å². The Morgan fingerprint density at radius 1 is 1.07 bits per heavy atom. The summed E-state index contributed by atoms with van der Waals surface area (Å²) in [6.45, 7) is 2.27. The summed E-state index contributed by atoms with van der Waals surface area (Å²) in [6, 6.07) is 15.9. The van der Waals surface area contributed by atoms with Crippen molar-refractivity contribution in [3.63, 3.8) is 0 Å². The van der Waals surface area contributed by atoms with Gasteiger partial charge in [0, 0.05) is 16.9 Å². The molecule has 1 unspecified atom stereocenters. The molecule has 30 heavy (non-hydrogen) atoms. The van der Waals surface area contributed by atoms with Crippen molar-refractivity contribution in [1.29, 1.82) is 0 Å². The molecule has 0 saturated carbocycles. The van der Waals surface area contributed by atoms with Gasteiger partial charge in [0.15, 0.2) is 0 Å². The highest BCUT2D eigenvalue weighted by atomic mass is 32.2. The quantitative estimate of drug-likeness (QED) is 0.709. The second-order valence-corrected chi connectivity index (χ2v) is 8.94. The van der Waals surface area contributed by atoms with E-state index < -0.39 is 11.9 Å². The van der Waals surface area contributed by atoms with Crippen LogP contribution in [0.1, 0.15) is 34.8 Å². The molecule has 2 aromatic carbocycles. The molecule has 7 heteroatoms. The summed E-state index contributed by atoms with van der Waals surface area (Å²) in [5.41, 5.74) is 3.94. The number of nitrogens with zero attached hydrogens (tertiary/aromatic N) is 1. The lowest BCUT2D eigenvalue weighted by molar-refractivity contribution is -0.134. The molecule has 1 fully saturated rings. The average Bonchev–Trinajstić information content (AvgIpc) is 3.04. The van der Waals surface area contributed by atoms with E-state index in [1.807, 2.05) is 17.8 Å². The van der Waals surface area contributed by atoms with Gasteiger partial charge in [0.2, 0.25) is 0 Å². The van der Waals surface area contributed by atoms with Crippen LogP contribution in [-0.2, 0) is 14.3 Å². The summed E-state index contributed by atoms with van der Waals surface area (Å²) in [6.07, 6.45) is 3.47. The number of carboxylic acids is 2. The predicted octanol–water partition coefficient (Wildman–Crippen LogP) is 4.29. The molecule has 0 aliphatic carbocycles. The first-order valence-corrected chi connectivity index (χ1v) is 10.5. The molecular formula is C23H24FNO4S. The van der Waals surface area contributed by atoms with Gasteiger partial charge in [-0.25, -0.2) is 14.0 Å². The number of halogens is 1. The third-order valence-corrected chi connectivity index (χ3v) is 7.23.